The lowest BCUT2D eigenvalue weighted by Crippen LogP contribution is -2.13. The van der Waals surface area contributed by atoms with Gasteiger partial charge in [-0.25, -0.2) is 0 Å². The third-order valence-corrected chi connectivity index (χ3v) is 2.44. The molecule has 1 N–H and O–H groups in total. The van der Waals surface area contributed by atoms with E-state index in [2.05, 4.69) is 16.4 Å². The standard InChI is InChI=1S/C14H14N2O/c1-11-5-2-3-6-12(9-11)14(17)16-13-7-4-8-15-10-13/h3-10H,2H2,1H3,(H,16,17). The lowest BCUT2D eigenvalue weighted by Gasteiger charge is -2.04. The van der Waals surface area contributed by atoms with Crippen molar-refractivity contribution in [3.05, 3.63) is 60.0 Å². The Morgan fingerprint density at radius 3 is 3.12 bits per heavy atom. The van der Waals surface area contributed by atoms with Crippen molar-refractivity contribution in [1.82, 2.24) is 4.98 Å². The van der Waals surface area contributed by atoms with Crippen molar-refractivity contribution in [2.24, 2.45) is 0 Å². The summed E-state index contributed by atoms with van der Waals surface area (Å²) in [7, 11) is 0. The zero-order chi connectivity index (χ0) is 12.1. The molecular formula is C14H14N2O. The van der Waals surface area contributed by atoms with Crippen LogP contribution in [0.25, 0.3) is 0 Å². The summed E-state index contributed by atoms with van der Waals surface area (Å²) in [5.74, 6) is -0.107. The Bertz CT molecular complexity index is 498. The van der Waals surface area contributed by atoms with E-state index in [-0.39, 0.29) is 5.91 Å². The van der Waals surface area contributed by atoms with Gasteiger partial charge < -0.3 is 5.32 Å². The Morgan fingerprint density at radius 1 is 1.47 bits per heavy atom. The second-order valence-corrected chi connectivity index (χ2v) is 3.88. The molecule has 0 saturated carbocycles. The summed E-state index contributed by atoms with van der Waals surface area (Å²) in [5, 5.41) is 2.81. The molecule has 1 aromatic rings. The van der Waals surface area contributed by atoms with Gasteiger partial charge >= 0.3 is 0 Å². The highest BCUT2D eigenvalue weighted by Crippen LogP contribution is 2.13. The van der Waals surface area contributed by atoms with Gasteiger partial charge in [-0.15, -0.1) is 0 Å². The van der Waals surface area contributed by atoms with E-state index in [0.29, 0.717) is 11.3 Å². The summed E-state index contributed by atoms with van der Waals surface area (Å²) in [4.78, 5) is 15.9. The maximum atomic E-state index is 12.0. The maximum Gasteiger partial charge on any atom is 0.255 e. The predicted molar refractivity (Wildman–Crippen MR) is 68.5 cm³/mol. The van der Waals surface area contributed by atoms with Crippen LogP contribution >= 0.6 is 0 Å². The van der Waals surface area contributed by atoms with Crippen LogP contribution in [0.1, 0.15) is 13.3 Å². The molecule has 0 atom stereocenters. The summed E-state index contributed by atoms with van der Waals surface area (Å²) in [6.07, 6.45) is 12.0. The fourth-order valence-electron chi connectivity index (χ4n) is 1.58. The summed E-state index contributed by atoms with van der Waals surface area (Å²) in [6.45, 7) is 1.99. The number of allylic oxidation sites excluding steroid dienone is 4. The first-order chi connectivity index (χ1) is 8.25. The molecule has 2 rings (SSSR count). The summed E-state index contributed by atoms with van der Waals surface area (Å²) in [5.41, 5.74) is 2.48. The Balaban J connectivity index is 2.13. The molecule has 0 unspecified atom stereocenters. The zero-order valence-corrected chi connectivity index (χ0v) is 9.68. The van der Waals surface area contributed by atoms with Crippen LogP contribution in [-0.4, -0.2) is 10.9 Å². The van der Waals surface area contributed by atoms with Gasteiger partial charge in [0.25, 0.3) is 5.91 Å². The van der Waals surface area contributed by atoms with E-state index in [1.807, 2.05) is 31.2 Å². The molecule has 0 aliphatic heterocycles. The average Bonchev–Trinajstić information content (AvgIpc) is 2.55. The van der Waals surface area contributed by atoms with Crippen LogP contribution in [0.15, 0.2) is 60.0 Å². The number of nitrogens with one attached hydrogen (secondary N) is 1. The number of aromatic nitrogens is 1. The monoisotopic (exact) mass is 226 g/mol. The highest BCUT2D eigenvalue weighted by atomic mass is 16.1. The molecule has 86 valence electrons. The van der Waals surface area contributed by atoms with Crippen molar-refractivity contribution in [1.29, 1.82) is 0 Å². The average molecular weight is 226 g/mol. The first kappa shape index (κ1) is 11.3. The molecule has 1 aliphatic rings. The fraction of sp³-hybridized carbons (Fsp3) is 0.143. The minimum atomic E-state index is -0.107. The minimum absolute atomic E-state index is 0.107. The Labute approximate surface area is 101 Å². The molecule has 0 spiro atoms. The van der Waals surface area contributed by atoms with E-state index in [1.165, 1.54) is 0 Å². The summed E-state index contributed by atoms with van der Waals surface area (Å²) < 4.78 is 0. The second kappa shape index (κ2) is 5.25. The number of amides is 1. The molecule has 1 aromatic heterocycles. The first-order valence-corrected chi connectivity index (χ1v) is 5.52. The van der Waals surface area contributed by atoms with Crippen LogP contribution < -0.4 is 5.32 Å². The molecule has 3 heteroatoms. The first-order valence-electron chi connectivity index (χ1n) is 5.52. The zero-order valence-electron chi connectivity index (χ0n) is 9.68. The largest absolute Gasteiger partial charge is 0.321 e. The second-order valence-electron chi connectivity index (χ2n) is 3.88. The topological polar surface area (TPSA) is 42.0 Å². The van der Waals surface area contributed by atoms with Crippen LogP contribution in [0.3, 0.4) is 0 Å². The molecule has 0 bridgehead atoms. The van der Waals surface area contributed by atoms with E-state index in [0.717, 1.165) is 12.0 Å². The van der Waals surface area contributed by atoms with E-state index in [9.17, 15) is 4.79 Å². The molecule has 3 nitrogen and oxygen atoms in total. The molecular weight excluding hydrogens is 212 g/mol. The third kappa shape index (κ3) is 3.14. The number of carbonyl (C=O) groups excluding carboxylic acids is 1. The van der Waals surface area contributed by atoms with Crippen LogP contribution in [0.2, 0.25) is 0 Å². The molecule has 1 aliphatic carbocycles. The molecule has 17 heavy (non-hydrogen) atoms. The van der Waals surface area contributed by atoms with Crippen molar-refractivity contribution in [2.45, 2.75) is 13.3 Å². The molecule has 0 fully saturated rings. The Kier molecular flexibility index (Phi) is 3.50. The van der Waals surface area contributed by atoms with E-state index >= 15 is 0 Å². The van der Waals surface area contributed by atoms with Gasteiger partial charge in [0, 0.05) is 11.8 Å². The summed E-state index contributed by atoms with van der Waals surface area (Å²) in [6, 6.07) is 3.60. The summed E-state index contributed by atoms with van der Waals surface area (Å²) >= 11 is 0. The number of pyridine rings is 1. The predicted octanol–water partition coefficient (Wildman–Crippen LogP) is 2.85. The van der Waals surface area contributed by atoms with Gasteiger partial charge in [0.1, 0.15) is 0 Å². The van der Waals surface area contributed by atoms with E-state index < -0.39 is 0 Å². The van der Waals surface area contributed by atoms with Gasteiger partial charge in [0.05, 0.1) is 11.9 Å². The Morgan fingerprint density at radius 2 is 2.35 bits per heavy atom. The number of hydrogen-bond acceptors (Lipinski definition) is 2. The van der Waals surface area contributed by atoms with Gasteiger partial charge in [-0.1, -0.05) is 23.8 Å². The lowest BCUT2D eigenvalue weighted by atomic mass is 10.1. The molecule has 0 aromatic carbocycles. The normalized spacial score (nSPS) is 14.6. The van der Waals surface area contributed by atoms with Gasteiger partial charge in [-0.2, -0.15) is 0 Å². The third-order valence-electron chi connectivity index (χ3n) is 2.44. The molecule has 1 heterocycles. The minimum Gasteiger partial charge on any atom is -0.321 e. The molecule has 0 radical (unpaired) electrons. The fourth-order valence-corrected chi connectivity index (χ4v) is 1.58. The van der Waals surface area contributed by atoms with E-state index in [1.54, 1.807) is 18.5 Å². The van der Waals surface area contributed by atoms with Crippen LogP contribution in [0.5, 0.6) is 0 Å². The molecule has 1 amide bonds. The molecule has 0 saturated heterocycles. The highest BCUT2D eigenvalue weighted by molar-refractivity contribution is 6.06. The smallest absolute Gasteiger partial charge is 0.255 e. The SMILES string of the molecule is CC1=CCC=CC(C(=O)Nc2cccnc2)=C1. The van der Waals surface area contributed by atoms with Gasteiger partial charge in [0.2, 0.25) is 0 Å². The number of rotatable bonds is 2. The number of anilines is 1. The number of carbonyl (C=O) groups is 1. The van der Waals surface area contributed by atoms with Crippen molar-refractivity contribution in [3.8, 4) is 0 Å². The van der Waals surface area contributed by atoms with Crippen molar-refractivity contribution < 1.29 is 4.79 Å². The van der Waals surface area contributed by atoms with E-state index in [4.69, 9.17) is 0 Å². The van der Waals surface area contributed by atoms with Gasteiger partial charge in [-0.05, 0) is 31.6 Å². The number of hydrogen-bond donors (Lipinski definition) is 1. The van der Waals surface area contributed by atoms with Crippen molar-refractivity contribution in [3.63, 3.8) is 0 Å². The van der Waals surface area contributed by atoms with Crippen LogP contribution in [0.4, 0.5) is 5.69 Å². The van der Waals surface area contributed by atoms with Gasteiger partial charge in [-0.3, -0.25) is 9.78 Å². The number of nitrogens with zero attached hydrogens (tertiary/aromatic N) is 1. The van der Waals surface area contributed by atoms with Crippen LogP contribution in [-0.2, 0) is 4.79 Å². The van der Waals surface area contributed by atoms with Crippen LogP contribution in [0, 0.1) is 0 Å². The maximum absolute atomic E-state index is 12.0. The quantitative estimate of drug-likeness (QED) is 0.842. The lowest BCUT2D eigenvalue weighted by molar-refractivity contribution is -0.112. The highest BCUT2D eigenvalue weighted by Gasteiger charge is 2.08. The van der Waals surface area contributed by atoms with Crippen molar-refractivity contribution >= 4 is 11.6 Å². The Hall–Kier alpha value is -2.16. The van der Waals surface area contributed by atoms with Crippen molar-refractivity contribution in [2.75, 3.05) is 5.32 Å². The van der Waals surface area contributed by atoms with Gasteiger partial charge in [0.15, 0.2) is 0 Å².